The van der Waals surface area contributed by atoms with Crippen LogP contribution in [-0.4, -0.2) is 62.8 Å². The van der Waals surface area contributed by atoms with Crippen LogP contribution in [0, 0.1) is 5.92 Å². The van der Waals surface area contributed by atoms with E-state index in [0.29, 0.717) is 24.5 Å². The van der Waals surface area contributed by atoms with E-state index in [1.54, 1.807) is 0 Å². The molecule has 5 heteroatoms. The van der Waals surface area contributed by atoms with Crippen molar-refractivity contribution < 1.29 is 9.53 Å². The molecule has 2 aliphatic heterocycles. The highest BCUT2D eigenvalue weighted by Crippen LogP contribution is 2.19. The summed E-state index contributed by atoms with van der Waals surface area (Å²) in [6, 6.07) is 0.837. The Kier molecular flexibility index (Phi) is 6.26. The molecule has 0 saturated carbocycles. The lowest BCUT2D eigenvalue weighted by Gasteiger charge is -2.35. The van der Waals surface area contributed by atoms with Crippen LogP contribution in [0.2, 0.25) is 0 Å². The van der Waals surface area contributed by atoms with Gasteiger partial charge in [0.15, 0.2) is 0 Å². The molecular formula is C15H29N3O2. The lowest BCUT2D eigenvalue weighted by molar-refractivity contribution is -0.124. The van der Waals surface area contributed by atoms with Gasteiger partial charge in [-0.3, -0.25) is 9.69 Å². The van der Waals surface area contributed by atoms with Crippen molar-refractivity contribution in [3.8, 4) is 0 Å². The van der Waals surface area contributed by atoms with Gasteiger partial charge in [0.05, 0.1) is 6.54 Å². The van der Waals surface area contributed by atoms with Gasteiger partial charge in [-0.05, 0) is 52.1 Å². The van der Waals surface area contributed by atoms with Crippen molar-refractivity contribution >= 4 is 5.91 Å². The predicted octanol–water partition coefficient (Wildman–Crippen LogP) is 0.602. The summed E-state index contributed by atoms with van der Waals surface area (Å²) < 4.78 is 5.32. The quantitative estimate of drug-likeness (QED) is 0.776. The van der Waals surface area contributed by atoms with Crippen LogP contribution in [0.15, 0.2) is 0 Å². The Hall–Kier alpha value is -0.650. The van der Waals surface area contributed by atoms with Gasteiger partial charge in [0.1, 0.15) is 0 Å². The molecule has 2 saturated heterocycles. The van der Waals surface area contributed by atoms with E-state index in [0.717, 1.165) is 39.1 Å². The summed E-state index contributed by atoms with van der Waals surface area (Å²) >= 11 is 0. The number of amides is 1. The number of carbonyl (C=O) groups is 1. The third kappa shape index (κ3) is 4.72. The van der Waals surface area contributed by atoms with E-state index >= 15 is 0 Å². The highest BCUT2D eigenvalue weighted by atomic mass is 16.5. The number of hydrogen-bond donors (Lipinski definition) is 2. The number of nitrogens with zero attached hydrogens (tertiary/aromatic N) is 1. The lowest BCUT2D eigenvalue weighted by atomic mass is 9.91. The van der Waals surface area contributed by atoms with Gasteiger partial charge in [-0.15, -0.1) is 0 Å². The van der Waals surface area contributed by atoms with E-state index in [9.17, 15) is 4.79 Å². The molecule has 2 fully saturated rings. The van der Waals surface area contributed by atoms with Crippen molar-refractivity contribution in [3.05, 3.63) is 0 Å². The molecule has 2 heterocycles. The van der Waals surface area contributed by atoms with Gasteiger partial charge < -0.3 is 15.4 Å². The Labute approximate surface area is 122 Å². The summed E-state index contributed by atoms with van der Waals surface area (Å²) in [4.78, 5) is 14.4. The van der Waals surface area contributed by atoms with E-state index in [4.69, 9.17) is 4.74 Å². The molecule has 2 N–H and O–H groups in total. The summed E-state index contributed by atoms with van der Waals surface area (Å²) in [5, 5.41) is 6.48. The van der Waals surface area contributed by atoms with E-state index in [2.05, 4.69) is 22.5 Å². The lowest BCUT2D eigenvalue weighted by Crippen LogP contribution is -2.49. The van der Waals surface area contributed by atoms with Gasteiger partial charge in [0.2, 0.25) is 5.91 Å². The molecule has 2 rings (SSSR count). The average molecular weight is 283 g/mol. The third-order valence-corrected chi connectivity index (χ3v) is 4.66. The topological polar surface area (TPSA) is 53.6 Å². The maximum absolute atomic E-state index is 12.1. The van der Waals surface area contributed by atoms with Crippen LogP contribution >= 0.6 is 0 Å². The van der Waals surface area contributed by atoms with Crippen molar-refractivity contribution in [1.29, 1.82) is 0 Å². The van der Waals surface area contributed by atoms with Crippen LogP contribution in [0.5, 0.6) is 0 Å². The largest absolute Gasteiger partial charge is 0.381 e. The first-order valence-corrected chi connectivity index (χ1v) is 7.95. The highest BCUT2D eigenvalue weighted by Gasteiger charge is 2.25. The van der Waals surface area contributed by atoms with E-state index in [1.807, 2.05) is 7.05 Å². The first-order chi connectivity index (χ1) is 9.69. The maximum Gasteiger partial charge on any atom is 0.234 e. The van der Waals surface area contributed by atoms with Crippen LogP contribution in [0.3, 0.4) is 0 Å². The zero-order chi connectivity index (χ0) is 14.4. The van der Waals surface area contributed by atoms with Gasteiger partial charge in [0.25, 0.3) is 0 Å². The van der Waals surface area contributed by atoms with Gasteiger partial charge in [-0.1, -0.05) is 0 Å². The molecule has 2 unspecified atom stereocenters. The molecule has 0 aromatic heterocycles. The van der Waals surface area contributed by atoms with Crippen LogP contribution in [0.1, 0.15) is 32.6 Å². The second kappa shape index (κ2) is 7.96. The summed E-state index contributed by atoms with van der Waals surface area (Å²) in [6.45, 7) is 6.41. The number of likely N-dealkylation sites (tertiary alicyclic amines) is 1. The van der Waals surface area contributed by atoms with Crippen LogP contribution in [0.25, 0.3) is 0 Å². The molecule has 1 amide bonds. The fraction of sp³-hybridized carbons (Fsp3) is 0.933. The Morgan fingerprint density at radius 1 is 1.35 bits per heavy atom. The number of hydrogen-bond acceptors (Lipinski definition) is 4. The maximum atomic E-state index is 12.1. The van der Waals surface area contributed by atoms with E-state index in [-0.39, 0.29) is 5.91 Å². The van der Waals surface area contributed by atoms with Gasteiger partial charge in [-0.25, -0.2) is 0 Å². The van der Waals surface area contributed by atoms with E-state index < -0.39 is 0 Å². The second-order valence-corrected chi connectivity index (χ2v) is 6.17. The second-order valence-electron chi connectivity index (χ2n) is 6.17. The normalized spacial score (nSPS) is 27.2. The summed E-state index contributed by atoms with van der Waals surface area (Å²) in [7, 11) is 2.02. The number of piperidine rings is 1. The summed E-state index contributed by atoms with van der Waals surface area (Å²) in [5.41, 5.74) is 0. The fourth-order valence-corrected chi connectivity index (χ4v) is 3.20. The summed E-state index contributed by atoms with van der Waals surface area (Å²) in [6.07, 6.45) is 4.36. The molecule has 2 atom stereocenters. The summed E-state index contributed by atoms with van der Waals surface area (Å²) in [5.74, 6) is 0.833. The standard InChI is InChI=1S/C15H29N3O2/c1-12(16-2)13-4-3-7-18(10-13)11-15(19)17-14-5-8-20-9-6-14/h12-14,16H,3-11H2,1-2H3,(H,17,19). The fourth-order valence-electron chi connectivity index (χ4n) is 3.20. The molecule has 2 aliphatic rings. The average Bonchev–Trinajstić information content (AvgIpc) is 2.47. The Bertz CT molecular complexity index is 305. The molecule has 116 valence electrons. The molecule has 0 aromatic rings. The Morgan fingerprint density at radius 2 is 2.10 bits per heavy atom. The molecule has 0 spiro atoms. The molecule has 20 heavy (non-hydrogen) atoms. The van der Waals surface area contributed by atoms with Crippen molar-refractivity contribution in [2.45, 2.75) is 44.7 Å². The Balaban J connectivity index is 1.72. The molecule has 0 aromatic carbocycles. The molecule has 0 radical (unpaired) electrons. The number of ether oxygens (including phenoxy) is 1. The minimum Gasteiger partial charge on any atom is -0.381 e. The zero-order valence-corrected chi connectivity index (χ0v) is 12.9. The smallest absolute Gasteiger partial charge is 0.234 e. The predicted molar refractivity (Wildman–Crippen MR) is 79.7 cm³/mol. The molecule has 5 nitrogen and oxygen atoms in total. The number of nitrogens with one attached hydrogen (secondary N) is 2. The van der Waals surface area contributed by atoms with Crippen molar-refractivity contribution in [2.24, 2.45) is 5.92 Å². The monoisotopic (exact) mass is 283 g/mol. The molecule has 0 bridgehead atoms. The SMILES string of the molecule is CNC(C)C1CCCN(CC(=O)NC2CCOCC2)C1. The van der Waals surface area contributed by atoms with Crippen molar-refractivity contribution in [2.75, 3.05) is 39.9 Å². The highest BCUT2D eigenvalue weighted by molar-refractivity contribution is 5.78. The minimum atomic E-state index is 0.176. The zero-order valence-electron chi connectivity index (χ0n) is 12.9. The number of carbonyl (C=O) groups excluding carboxylic acids is 1. The Morgan fingerprint density at radius 3 is 2.80 bits per heavy atom. The molecular weight excluding hydrogens is 254 g/mol. The first-order valence-electron chi connectivity index (χ1n) is 7.95. The van der Waals surface area contributed by atoms with Crippen LogP contribution in [-0.2, 0) is 9.53 Å². The molecule has 0 aliphatic carbocycles. The van der Waals surface area contributed by atoms with E-state index in [1.165, 1.54) is 12.8 Å². The first kappa shape index (κ1) is 15.7. The van der Waals surface area contributed by atoms with Gasteiger partial charge in [-0.2, -0.15) is 0 Å². The van der Waals surface area contributed by atoms with Gasteiger partial charge >= 0.3 is 0 Å². The number of rotatable bonds is 5. The van der Waals surface area contributed by atoms with Gasteiger partial charge in [0, 0.05) is 31.8 Å². The minimum absolute atomic E-state index is 0.176. The van der Waals surface area contributed by atoms with Crippen molar-refractivity contribution in [3.63, 3.8) is 0 Å². The van der Waals surface area contributed by atoms with Crippen LogP contribution in [0.4, 0.5) is 0 Å². The van der Waals surface area contributed by atoms with Crippen molar-refractivity contribution in [1.82, 2.24) is 15.5 Å². The third-order valence-electron chi connectivity index (χ3n) is 4.66. The van der Waals surface area contributed by atoms with Crippen LogP contribution < -0.4 is 10.6 Å².